The predicted octanol–water partition coefficient (Wildman–Crippen LogP) is 3.67. The molecule has 0 radical (unpaired) electrons. The molecule has 2 aromatic rings. The molecule has 0 aliphatic rings. The zero-order valence-corrected chi connectivity index (χ0v) is 10.9. The number of para-hydroxylation sites is 1. The molecule has 0 spiro atoms. The Kier molecular flexibility index (Phi) is 4.53. The van der Waals surface area contributed by atoms with Crippen molar-refractivity contribution in [2.75, 3.05) is 12.5 Å². The molecule has 4 heteroatoms. The van der Waals surface area contributed by atoms with Crippen LogP contribution in [0.3, 0.4) is 0 Å². The zero-order chi connectivity index (χ0) is 13.7. The van der Waals surface area contributed by atoms with Gasteiger partial charge in [0.05, 0.1) is 17.0 Å². The van der Waals surface area contributed by atoms with Gasteiger partial charge >= 0.3 is 0 Å². The minimum atomic E-state index is -0.542. The normalized spacial score (nSPS) is 10.2. The van der Waals surface area contributed by atoms with Crippen LogP contribution in [-0.2, 0) is 0 Å². The number of alkyl halides is 1. The van der Waals surface area contributed by atoms with E-state index in [1.807, 2.05) is 0 Å². The van der Waals surface area contributed by atoms with Crippen molar-refractivity contribution in [3.8, 4) is 5.75 Å². The number of carbonyl (C=O) groups is 1. The lowest BCUT2D eigenvalue weighted by molar-refractivity contribution is 0.103. The molecule has 2 nitrogen and oxygen atoms in total. The largest absolute Gasteiger partial charge is 0.492 e. The van der Waals surface area contributed by atoms with E-state index in [1.54, 1.807) is 36.4 Å². The molecule has 0 bridgehead atoms. The molecule has 19 heavy (non-hydrogen) atoms. The van der Waals surface area contributed by atoms with Crippen LogP contribution in [0.1, 0.15) is 15.9 Å². The molecular weight excluding hydrogens is 267 g/mol. The highest BCUT2D eigenvalue weighted by molar-refractivity contribution is 6.18. The summed E-state index contributed by atoms with van der Waals surface area (Å²) in [5, 5.41) is 0. The van der Waals surface area contributed by atoms with Crippen LogP contribution < -0.4 is 4.74 Å². The lowest BCUT2D eigenvalue weighted by atomic mass is 10.0. The molecule has 0 amide bonds. The van der Waals surface area contributed by atoms with Crippen LogP contribution in [0.25, 0.3) is 0 Å². The van der Waals surface area contributed by atoms with E-state index in [1.165, 1.54) is 12.1 Å². The van der Waals surface area contributed by atoms with Crippen molar-refractivity contribution in [3.05, 3.63) is 65.5 Å². The van der Waals surface area contributed by atoms with Gasteiger partial charge in [-0.25, -0.2) is 4.39 Å². The summed E-state index contributed by atoms with van der Waals surface area (Å²) in [6.45, 7) is 0.295. The van der Waals surface area contributed by atoms with Crippen molar-refractivity contribution < 1.29 is 13.9 Å². The first-order valence-electron chi connectivity index (χ1n) is 5.81. The number of hydrogen-bond acceptors (Lipinski definition) is 2. The SMILES string of the molecule is O=C(c1ccccc1F)c1ccccc1OCCCl. The first kappa shape index (κ1) is 13.6. The lowest BCUT2D eigenvalue weighted by Crippen LogP contribution is -2.08. The summed E-state index contributed by atoms with van der Waals surface area (Å²) < 4.78 is 19.0. The minimum Gasteiger partial charge on any atom is -0.492 e. The third kappa shape index (κ3) is 3.12. The van der Waals surface area contributed by atoms with Crippen LogP contribution in [0.2, 0.25) is 0 Å². The van der Waals surface area contributed by atoms with E-state index in [0.717, 1.165) is 0 Å². The summed E-state index contributed by atoms with van der Waals surface area (Å²) in [4.78, 5) is 12.3. The van der Waals surface area contributed by atoms with Gasteiger partial charge in [0.25, 0.3) is 0 Å². The summed E-state index contributed by atoms with van der Waals surface area (Å²) >= 11 is 5.56. The Morgan fingerprint density at radius 3 is 2.37 bits per heavy atom. The highest BCUT2D eigenvalue weighted by Crippen LogP contribution is 2.22. The van der Waals surface area contributed by atoms with Gasteiger partial charge in [-0.1, -0.05) is 24.3 Å². The molecule has 2 rings (SSSR count). The second-order valence-electron chi connectivity index (χ2n) is 3.84. The fourth-order valence-corrected chi connectivity index (χ4v) is 1.80. The third-order valence-electron chi connectivity index (χ3n) is 2.58. The summed E-state index contributed by atoms with van der Waals surface area (Å²) in [7, 11) is 0. The van der Waals surface area contributed by atoms with Gasteiger partial charge in [-0.3, -0.25) is 4.79 Å². The number of carbonyl (C=O) groups excluding carboxylic acids is 1. The van der Waals surface area contributed by atoms with Crippen LogP contribution in [0.15, 0.2) is 48.5 Å². The number of hydrogen-bond donors (Lipinski definition) is 0. The monoisotopic (exact) mass is 278 g/mol. The number of ether oxygens (including phenoxy) is 1. The van der Waals surface area contributed by atoms with E-state index in [9.17, 15) is 9.18 Å². The van der Waals surface area contributed by atoms with Crippen molar-refractivity contribution in [1.29, 1.82) is 0 Å². The van der Waals surface area contributed by atoms with E-state index in [-0.39, 0.29) is 5.56 Å². The van der Waals surface area contributed by atoms with Crippen molar-refractivity contribution >= 4 is 17.4 Å². The Hall–Kier alpha value is -1.87. The van der Waals surface area contributed by atoms with E-state index in [2.05, 4.69) is 0 Å². The van der Waals surface area contributed by atoms with E-state index >= 15 is 0 Å². The molecule has 2 aromatic carbocycles. The first-order valence-corrected chi connectivity index (χ1v) is 6.34. The molecule has 0 unspecified atom stereocenters. The van der Waals surface area contributed by atoms with Gasteiger partial charge in [0.15, 0.2) is 5.78 Å². The zero-order valence-electron chi connectivity index (χ0n) is 10.1. The maximum atomic E-state index is 13.6. The van der Waals surface area contributed by atoms with Crippen LogP contribution in [0, 0.1) is 5.82 Å². The van der Waals surface area contributed by atoms with Gasteiger partial charge in [0.1, 0.15) is 18.2 Å². The highest BCUT2D eigenvalue weighted by Gasteiger charge is 2.17. The van der Waals surface area contributed by atoms with Gasteiger partial charge in [-0.15, -0.1) is 11.6 Å². The quantitative estimate of drug-likeness (QED) is 0.616. The molecule has 0 aliphatic heterocycles. The summed E-state index contributed by atoms with van der Waals surface area (Å²) in [6.07, 6.45) is 0. The van der Waals surface area contributed by atoms with Crippen molar-refractivity contribution in [1.82, 2.24) is 0 Å². The van der Waals surface area contributed by atoms with Gasteiger partial charge in [-0.05, 0) is 24.3 Å². The molecule has 0 atom stereocenters. The molecule has 0 saturated heterocycles. The predicted molar refractivity (Wildman–Crippen MR) is 72.5 cm³/mol. The van der Waals surface area contributed by atoms with E-state index in [0.29, 0.717) is 23.8 Å². The number of halogens is 2. The van der Waals surface area contributed by atoms with Crippen LogP contribution >= 0.6 is 11.6 Å². The fraction of sp³-hybridized carbons (Fsp3) is 0.133. The molecule has 0 N–H and O–H groups in total. The Morgan fingerprint density at radius 1 is 1.05 bits per heavy atom. The molecule has 0 aromatic heterocycles. The Bertz CT molecular complexity index is 584. The maximum absolute atomic E-state index is 13.6. The molecular formula is C15H12ClFO2. The molecule has 0 aliphatic carbocycles. The average molecular weight is 279 g/mol. The van der Waals surface area contributed by atoms with Crippen molar-refractivity contribution in [2.45, 2.75) is 0 Å². The van der Waals surface area contributed by atoms with Crippen molar-refractivity contribution in [3.63, 3.8) is 0 Å². The maximum Gasteiger partial charge on any atom is 0.199 e. The first-order chi connectivity index (χ1) is 9.24. The minimum absolute atomic E-state index is 0.0319. The Morgan fingerprint density at radius 2 is 1.68 bits per heavy atom. The van der Waals surface area contributed by atoms with E-state index < -0.39 is 11.6 Å². The van der Waals surface area contributed by atoms with Gasteiger partial charge in [0, 0.05) is 0 Å². The van der Waals surface area contributed by atoms with Gasteiger partial charge in [0.2, 0.25) is 0 Å². The summed E-state index contributed by atoms with van der Waals surface area (Å²) in [5.74, 6) is -0.207. The number of benzene rings is 2. The van der Waals surface area contributed by atoms with Gasteiger partial charge in [-0.2, -0.15) is 0 Å². The molecule has 98 valence electrons. The third-order valence-corrected chi connectivity index (χ3v) is 2.74. The Labute approximate surface area is 115 Å². The molecule has 0 fully saturated rings. The summed E-state index contributed by atoms with van der Waals surface area (Å²) in [6, 6.07) is 12.6. The summed E-state index contributed by atoms with van der Waals surface area (Å²) in [5.41, 5.74) is 0.363. The second kappa shape index (κ2) is 6.34. The second-order valence-corrected chi connectivity index (χ2v) is 4.22. The number of rotatable bonds is 5. The van der Waals surface area contributed by atoms with E-state index in [4.69, 9.17) is 16.3 Å². The average Bonchev–Trinajstić information content (AvgIpc) is 2.45. The van der Waals surface area contributed by atoms with Crippen LogP contribution in [0.5, 0.6) is 5.75 Å². The van der Waals surface area contributed by atoms with Crippen LogP contribution in [0.4, 0.5) is 4.39 Å². The Balaban J connectivity index is 2.36. The fourth-order valence-electron chi connectivity index (χ4n) is 1.72. The van der Waals surface area contributed by atoms with Crippen molar-refractivity contribution in [2.24, 2.45) is 0 Å². The topological polar surface area (TPSA) is 26.3 Å². The number of ketones is 1. The molecule has 0 heterocycles. The lowest BCUT2D eigenvalue weighted by Gasteiger charge is -2.10. The smallest absolute Gasteiger partial charge is 0.199 e. The van der Waals surface area contributed by atoms with Gasteiger partial charge < -0.3 is 4.74 Å². The standard InChI is InChI=1S/C15H12ClFO2/c16-9-10-19-14-8-4-2-6-12(14)15(18)11-5-1-3-7-13(11)17/h1-8H,9-10H2. The highest BCUT2D eigenvalue weighted by atomic mass is 35.5. The van der Waals surface area contributed by atoms with Crippen LogP contribution in [-0.4, -0.2) is 18.3 Å². The molecule has 0 saturated carbocycles.